The van der Waals surface area contributed by atoms with Crippen LogP contribution in [0.5, 0.6) is 0 Å². The molecule has 0 radical (unpaired) electrons. The summed E-state index contributed by atoms with van der Waals surface area (Å²) in [5.74, 6) is 0. The maximum Gasteiger partial charge on any atom is 0.242 e. The van der Waals surface area contributed by atoms with E-state index in [-0.39, 0.29) is 22.1 Å². The molecule has 1 atom stereocenters. The SMILES string of the molecule is CC[C@H](CO)NS(=O)(=O)c1ccc(C#N)cc1Cl. The molecule has 0 unspecified atom stereocenters. The van der Waals surface area contributed by atoms with Gasteiger partial charge in [0, 0.05) is 6.04 Å². The third-order valence-corrected chi connectivity index (χ3v) is 4.39. The average molecular weight is 289 g/mol. The van der Waals surface area contributed by atoms with Crippen LogP contribution in [0.25, 0.3) is 0 Å². The van der Waals surface area contributed by atoms with Gasteiger partial charge in [0.2, 0.25) is 10.0 Å². The summed E-state index contributed by atoms with van der Waals surface area (Å²) in [6.45, 7) is 1.47. The molecule has 0 bridgehead atoms. The van der Waals surface area contributed by atoms with Crippen molar-refractivity contribution in [3.63, 3.8) is 0 Å². The Balaban J connectivity index is 3.10. The van der Waals surface area contributed by atoms with Crippen LogP contribution < -0.4 is 4.72 Å². The normalized spacial score (nSPS) is 13.0. The van der Waals surface area contributed by atoms with Gasteiger partial charge >= 0.3 is 0 Å². The lowest BCUT2D eigenvalue weighted by atomic mass is 10.2. The Bertz CT molecular complexity index is 562. The lowest BCUT2D eigenvalue weighted by Gasteiger charge is -2.15. The minimum atomic E-state index is -3.79. The Labute approximate surface area is 111 Å². The molecule has 2 N–H and O–H groups in total. The maximum atomic E-state index is 12.0. The van der Waals surface area contributed by atoms with Gasteiger partial charge in [-0.25, -0.2) is 13.1 Å². The summed E-state index contributed by atoms with van der Waals surface area (Å²) in [5.41, 5.74) is 0.285. The van der Waals surface area contributed by atoms with Crippen LogP contribution in [0.2, 0.25) is 5.02 Å². The third kappa shape index (κ3) is 3.43. The minimum absolute atomic E-state index is 0.0191. The first kappa shape index (κ1) is 14.9. The first-order valence-electron chi connectivity index (χ1n) is 5.27. The van der Waals surface area contributed by atoms with Gasteiger partial charge in [-0.2, -0.15) is 5.26 Å². The number of nitrogens with zero attached hydrogens (tertiary/aromatic N) is 1. The maximum absolute atomic E-state index is 12.0. The van der Waals surface area contributed by atoms with Gasteiger partial charge in [0.15, 0.2) is 0 Å². The highest BCUT2D eigenvalue weighted by molar-refractivity contribution is 7.89. The number of halogens is 1. The van der Waals surface area contributed by atoms with E-state index in [4.69, 9.17) is 22.0 Å². The van der Waals surface area contributed by atoms with Crippen molar-refractivity contribution in [3.8, 4) is 6.07 Å². The fourth-order valence-corrected chi connectivity index (χ4v) is 3.18. The van der Waals surface area contributed by atoms with E-state index >= 15 is 0 Å². The first-order valence-corrected chi connectivity index (χ1v) is 7.13. The van der Waals surface area contributed by atoms with Crippen molar-refractivity contribution in [3.05, 3.63) is 28.8 Å². The lowest BCUT2D eigenvalue weighted by Crippen LogP contribution is -2.37. The Morgan fingerprint density at radius 2 is 2.22 bits per heavy atom. The van der Waals surface area contributed by atoms with E-state index in [1.54, 1.807) is 6.92 Å². The van der Waals surface area contributed by atoms with Gasteiger partial charge < -0.3 is 5.11 Å². The average Bonchev–Trinajstić information content (AvgIpc) is 2.35. The van der Waals surface area contributed by atoms with Crippen molar-refractivity contribution < 1.29 is 13.5 Å². The number of sulfonamides is 1. The molecule has 0 amide bonds. The van der Waals surface area contributed by atoms with E-state index < -0.39 is 16.1 Å². The Hall–Kier alpha value is -1.13. The van der Waals surface area contributed by atoms with Crippen LogP contribution in [0.4, 0.5) is 0 Å². The zero-order chi connectivity index (χ0) is 13.8. The van der Waals surface area contributed by atoms with Crippen LogP contribution in [-0.4, -0.2) is 26.2 Å². The summed E-state index contributed by atoms with van der Waals surface area (Å²) in [5, 5.41) is 17.6. The molecule has 18 heavy (non-hydrogen) atoms. The molecule has 0 fully saturated rings. The summed E-state index contributed by atoms with van der Waals surface area (Å²) in [7, 11) is -3.79. The summed E-state index contributed by atoms with van der Waals surface area (Å²) in [4.78, 5) is -0.102. The van der Waals surface area contributed by atoms with Crippen molar-refractivity contribution in [2.75, 3.05) is 6.61 Å². The fourth-order valence-electron chi connectivity index (χ4n) is 1.32. The van der Waals surface area contributed by atoms with Gasteiger partial charge in [-0.05, 0) is 24.6 Å². The fraction of sp³-hybridized carbons (Fsp3) is 0.364. The molecular formula is C11H13ClN2O3S. The summed E-state index contributed by atoms with van der Waals surface area (Å²) in [6.07, 6.45) is 0.462. The number of hydrogen-bond donors (Lipinski definition) is 2. The molecule has 0 aliphatic rings. The highest BCUT2D eigenvalue weighted by atomic mass is 35.5. The van der Waals surface area contributed by atoms with Crippen molar-refractivity contribution in [1.29, 1.82) is 5.26 Å². The topological polar surface area (TPSA) is 90.2 Å². The number of hydrogen-bond acceptors (Lipinski definition) is 4. The molecule has 0 heterocycles. The van der Waals surface area contributed by atoms with E-state index in [0.29, 0.717) is 6.42 Å². The van der Waals surface area contributed by atoms with Crippen molar-refractivity contribution in [2.24, 2.45) is 0 Å². The molecule has 1 rings (SSSR count). The quantitative estimate of drug-likeness (QED) is 0.853. The highest BCUT2D eigenvalue weighted by Gasteiger charge is 2.21. The standard InChI is InChI=1S/C11H13ClN2O3S/c1-2-9(7-15)14-18(16,17)11-4-3-8(6-13)5-10(11)12/h3-5,9,14-15H,2,7H2,1H3/t9-/m1/s1. The van der Waals surface area contributed by atoms with Crippen molar-refractivity contribution in [2.45, 2.75) is 24.3 Å². The Morgan fingerprint density at radius 1 is 1.56 bits per heavy atom. The molecule has 5 nitrogen and oxygen atoms in total. The molecule has 1 aromatic rings. The highest BCUT2D eigenvalue weighted by Crippen LogP contribution is 2.22. The molecule has 0 aliphatic carbocycles. The number of aliphatic hydroxyl groups excluding tert-OH is 1. The first-order chi connectivity index (χ1) is 8.44. The number of nitrogens with one attached hydrogen (secondary N) is 1. The molecule has 0 aromatic heterocycles. The zero-order valence-electron chi connectivity index (χ0n) is 9.72. The Kier molecular flexibility index (Phi) is 5.11. The van der Waals surface area contributed by atoms with Gasteiger partial charge in [-0.15, -0.1) is 0 Å². The number of aliphatic hydroxyl groups is 1. The predicted octanol–water partition coefficient (Wildman–Crippen LogP) is 1.26. The van der Waals surface area contributed by atoms with Gasteiger partial charge in [-0.3, -0.25) is 0 Å². The van der Waals surface area contributed by atoms with Crippen LogP contribution >= 0.6 is 11.6 Å². The van der Waals surface area contributed by atoms with Gasteiger partial charge in [0.05, 0.1) is 23.3 Å². The second kappa shape index (κ2) is 6.16. The molecule has 1 aromatic carbocycles. The van der Waals surface area contributed by atoms with Crippen LogP contribution in [0, 0.1) is 11.3 Å². The van der Waals surface area contributed by atoms with Crippen LogP contribution in [0.3, 0.4) is 0 Å². The minimum Gasteiger partial charge on any atom is -0.395 e. The van der Waals surface area contributed by atoms with Gasteiger partial charge in [0.1, 0.15) is 4.90 Å². The van der Waals surface area contributed by atoms with Crippen LogP contribution in [-0.2, 0) is 10.0 Å². The van der Waals surface area contributed by atoms with E-state index in [1.807, 2.05) is 6.07 Å². The van der Waals surface area contributed by atoms with E-state index in [9.17, 15) is 8.42 Å². The molecule has 0 spiro atoms. The number of rotatable bonds is 5. The number of benzene rings is 1. The summed E-state index contributed by atoms with van der Waals surface area (Å²) in [6, 6.07) is 5.25. The van der Waals surface area contributed by atoms with E-state index in [1.165, 1.54) is 18.2 Å². The monoisotopic (exact) mass is 288 g/mol. The molecule has 0 aliphatic heterocycles. The van der Waals surface area contributed by atoms with Crippen molar-refractivity contribution in [1.82, 2.24) is 4.72 Å². The molecule has 98 valence electrons. The summed E-state index contributed by atoms with van der Waals surface area (Å²) >= 11 is 5.83. The lowest BCUT2D eigenvalue weighted by molar-refractivity contribution is 0.254. The van der Waals surface area contributed by atoms with E-state index in [0.717, 1.165) is 0 Å². The molecule has 0 saturated heterocycles. The molecular weight excluding hydrogens is 276 g/mol. The van der Waals surface area contributed by atoms with E-state index in [2.05, 4.69) is 4.72 Å². The second-order valence-corrected chi connectivity index (χ2v) is 5.76. The summed E-state index contributed by atoms with van der Waals surface area (Å²) < 4.78 is 26.3. The zero-order valence-corrected chi connectivity index (χ0v) is 11.3. The number of nitriles is 1. The largest absolute Gasteiger partial charge is 0.395 e. The van der Waals surface area contributed by atoms with Gasteiger partial charge in [0.25, 0.3) is 0 Å². The van der Waals surface area contributed by atoms with Gasteiger partial charge in [-0.1, -0.05) is 18.5 Å². The molecule has 0 saturated carbocycles. The smallest absolute Gasteiger partial charge is 0.242 e. The van der Waals surface area contributed by atoms with Crippen LogP contribution in [0.15, 0.2) is 23.1 Å². The molecule has 7 heteroatoms. The third-order valence-electron chi connectivity index (χ3n) is 2.39. The van der Waals surface area contributed by atoms with Crippen LogP contribution in [0.1, 0.15) is 18.9 Å². The van der Waals surface area contributed by atoms with Crippen molar-refractivity contribution >= 4 is 21.6 Å². The second-order valence-electron chi connectivity index (χ2n) is 3.67. The Morgan fingerprint density at radius 3 is 2.67 bits per heavy atom. The predicted molar refractivity (Wildman–Crippen MR) is 67.7 cm³/mol.